The lowest BCUT2D eigenvalue weighted by Crippen LogP contribution is -2.35. The van der Waals surface area contributed by atoms with Gasteiger partial charge < -0.3 is 19.5 Å². The molecule has 0 heterocycles. The first-order chi connectivity index (χ1) is 10.9. The third-order valence-electron chi connectivity index (χ3n) is 2.97. The molecule has 0 aliphatic carbocycles. The maximum Gasteiger partial charge on any atom is 0.387 e. The summed E-state index contributed by atoms with van der Waals surface area (Å²) in [5, 5.41) is 2.65. The van der Waals surface area contributed by atoms with Crippen molar-refractivity contribution in [2.75, 3.05) is 13.7 Å². The van der Waals surface area contributed by atoms with Crippen LogP contribution in [0.4, 0.5) is 8.78 Å². The van der Waals surface area contributed by atoms with E-state index in [1.54, 1.807) is 0 Å². The standard InChI is InChI=1S/C15H19F2NO5/c1-4-9(2)18-13(19)8-22-14(20)10-5-6-11(23-15(16)17)12(7-10)21-3/h5-7,9,15H,4,8H2,1-3H3,(H,18,19)/t9-/m0/s1. The minimum atomic E-state index is -3.01. The van der Waals surface area contributed by atoms with Gasteiger partial charge in [-0.3, -0.25) is 4.79 Å². The number of ether oxygens (including phenoxy) is 3. The first-order valence-corrected chi connectivity index (χ1v) is 6.96. The van der Waals surface area contributed by atoms with E-state index in [0.29, 0.717) is 0 Å². The molecule has 1 amide bonds. The van der Waals surface area contributed by atoms with Crippen molar-refractivity contribution in [1.82, 2.24) is 5.32 Å². The van der Waals surface area contributed by atoms with Crippen molar-refractivity contribution in [1.29, 1.82) is 0 Å². The van der Waals surface area contributed by atoms with E-state index < -0.39 is 25.1 Å². The summed E-state index contributed by atoms with van der Waals surface area (Å²) in [6.45, 7) is 0.297. The number of hydrogen-bond acceptors (Lipinski definition) is 5. The van der Waals surface area contributed by atoms with E-state index in [1.807, 2.05) is 13.8 Å². The highest BCUT2D eigenvalue weighted by molar-refractivity contribution is 5.92. The smallest absolute Gasteiger partial charge is 0.387 e. The van der Waals surface area contributed by atoms with Crippen molar-refractivity contribution in [3.05, 3.63) is 23.8 Å². The van der Waals surface area contributed by atoms with Crippen molar-refractivity contribution in [3.8, 4) is 11.5 Å². The molecule has 1 rings (SSSR count). The van der Waals surface area contributed by atoms with Gasteiger partial charge in [0.2, 0.25) is 0 Å². The lowest BCUT2D eigenvalue weighted by atomic mass is 10.2. The van der Waals surface area contributed by atoms with Crippen LogP contribution in [0.15, 0.2) is 18.2 Å². The summed E-state index contributed by atoms with van der Waals surface area (Å²) in [5.74, 6) is -1.43. The van der Waals surface area contributed by atoms with Gasteiger partial charge in [-0.15, -0.1) is 0 Å². The molecule has 0 aliphatic heterocycles. The summed E-state index contributed by atoms with van der Waals surface area (Å²) in [5.41, 5.74) is 0.0554. The second-order valence-corrected chi connectivity index (χ2v) is 4.70. The number of alkyl halides is 2. The Bertz CT molecular complexity index is 551. The number of esters is 1. The molecule has 128 valence electrons. The largest absolute Gasteiger partial charge is 0.493 e. The molecule has 0 aliphatic rings. The van der Waals surface area contributed by atoms with Crippen LogP contribution in [-0.2, 0) is 9.53 Å². The molecule has 6 nitrogen and oxygen atoms in total. The van der Waals surface area contributed by atoms with Gasteiger partial charge in [0.05, 0.1) is 12.7 Å². The summed E-state index contributed by atoms with van der Waals surface area (Å²) < 4.78 is 38.4. The summed E-state index contributed by atoms with van der Waals surface area (Å²) >= 11 is 0. The van der Waals surface area contributed by atoms with Gasteiger partial charge in [0.15, 0.2) is 18.1 Å². The van der Waals surface area contributed by atoms with Crippen LogP contribution in [0, 0.1) is 0 Å². The molecule has 0 saturated heterocycles. The van der Waals surface area contributed by atoms with Gasteiger partial charge in [0.1, 0.15) is 0 Å². The number of hydrogen-bond donors (Lipinski definition) is 1. The Morgan fingerprint density at radius 2 is 1.96 bits per heavy atom. The van der Waals surface area contributed by atoms with E-state index in [2.05, 4.69) is 10.1 Å². The van der Waals surface area contributed by atoms with E-state index in [4.69, 9.17) is 9.47 Å². The third kappa shape index (κ3) is 6.09. The Kier molecular flexibility index (Phi) is 7.24. The average molecular weight is 331 g/mol. The lowest BCUT2D eigenvalue weighted by Gasteiger charge is -2.12. The second kappa shape index (κ2) is 8.92. The summed E-state index contributed by atoms with van der Waals surface area (Å²) in [4.78, 5) is 23.4. The quantitative estimate of drug-likeness (QED) is 0.740. The molecule has 1 N–H and O–H groups in total. The van der Waals surface area contributed by atoms with Crippen LogP contribution in [-0.4, -0.2) is 38.2 Å². The SMILES string of the molecule is CC[C@H](C)NC(=O)COC(=O)c1ccc(OC(F)F)c(OC)c1. The number of carbonyl (C=O) groups is 2. The molecule has 0 radical (unpaired) electrons. The minimum absolute atomic E-state index is 0.0212. The molecule has 8 heteroatoms. The van der Waals surface area contributed by atoms with E-state index in [-0.39, 0.29) is 23.1 Å². The van der Waals surface area contributed by atoms with Crippen LogP contribution in [0.1, 0.15) is 30.6 Å². The highest BCUT2D eigenvalue weighted by atomic mass is 19.3. The zero-order valence-corrected chi connectivity index (χ0v) is 13.1. The maximum absolute atomic E-state index is 12.2. The van der Waals surface area contributed by atoms with Crippen LogP contribution >= 0.6 is 0 Å². The molecule has 1 aromatic rings. The molecular weight excluding hydrogens is 312 g/mol. The lowest BCUT2D eigenvalue weighted by molar-refractivity contribution is -0.124. The fraction of sp³-hybridized carbons (Fsp3) is 0.467. The van der Waals surface area contributed by atoms with Crippen molar-refractivity contribution >= 4 is 11.9 Å². The number of nitrogens with one attached hydrogen (secondary N) is 1. The molecule has 1 atom stereocenters. The first-order valence-electron chi connectivity index (χ1n) is 6.96. The molecule has 0 aromatic heterocycles. The van der Waals surface area contributed by atoms with Crippen molar-refractivity contribution in [2.45, 2.75) is 32.9 Å². The Balaban J connectivity index is 2.67. The fourth-order valence-electron chi connectivity index (χ4n) is 1.62. The van der Waals surface area contributed by atoms with Crippen LogP contribution in [0.2, 0.25) is 0 Å². The number of halogens is 2. The molecule has 0 spiro atoms. The molecular formula is C15H19F2NO5. The predicted octanol–water partition coefficient (Wildman–Crippen LogP) is 2.37. The molecule has 0 fully saturated rings. The van der Waals surface area contributed by atoms with Gasteiger partial charge in [0.25, 0.3) is 5.91 Å². The third-order valence-corrected chi connectivity index (χ3v) is 2.97. The summed E-state index contributed by atoms with van der Waals surface area (Å²) in [7, 11) is 1.25. The molecule has 0 bridgehead atoms. The Morgan fingerprint density at radius 1 is 1.26 bits per heavy atom. The topological polar surface area (TPSA) is 73.9 Å². The minimum Gasteiger partial charge on any atom is -0.493 e. The normalized spacial score (nSPS) is 11.7. The van der Waals surface area contributed by atoms with Crippen LogP contribution in [0.25, 0.3) is 0 Å². The Hall–Kier alpha value is -2.38. The number of amides is 1. The second-order valence-electron chi connectivity index (χ2n) is 4.70. The number of benzene rings is 1. The Labute approximate surface area is 132 Å². The van der Waals surface area contributed by atoms with E-state index >= 15 is 0 Å². The molecule has 23 heavy (non-hydrogen) atoms. The Morgan fingerprint density at radius 3 is 2.52 bits per heavy atom. The van der Waals surface area contributed by atoms with E-state index in [0.717, 1.165) is 6.42 Å². The monoisotopic (exact) mass is 331 g/mol. The predicted molar refractivity (Wildman–Crippen MR) is 77.8 cm³/mol. The van der Waals surface area contributed by atoms with Crippen LogP contribution in [0.5, 0.6) is 11.5 Å². The zero-order chi connectivity index (χ0) is 17.4. The van der Waals surface area contributed by atoms with Gasteiger partial charge in [-0.1, -0.05) is 6.92 Å². The van der Waals surface area contributed by atoms with Crippen LogP contribution < -0.4 is 14.8 Å². The van der Waals surface area contributed by atoms with Crippen molar-refractivity contribution in [2.24, 2.45) is 0 Å². The highest BCUT2D eigenvalue weighted by Crippen LogP contribution is 2.29. The van der Waals surface area contributed by atoms with Crippen LogP contribution in [0.3, 0.4) is 0 Å². The van der Waals surface area contributed by atoms with Gasteiger partial charge in [-0.25, -0.2) is 4.79 Å². The first kappa shape index (κ1) is 18.7. The van der Waals surface area contributed by atoms with E-state index in [9.17, 15) is 18.4 Å². The van der Waals surface area contributed by atoms with Gasteiger partial charge in [0, 0.05) is 6.04 Å². The van der Waals surface area contributed by atoms with Crippen molar-refractivity contribution in [3.63, 3.8) is 0 Å². The zero-order valence-electron chi connectivity index (χ0n) is 13.1. The summed E-state index contributed by atoms with van der Waals surface area (Å²) in [6.07, 6.45) is 0.752. The highest BCUT2D eigenvalue weighted by Gasteiger charge is 2.16. The molecule has 0 saturated carbocycles. The number of methoxy groups -OCH3 is 1. The van der Waals surface area contributed by atoms with Gasteiger partial charge >= 0.3 is 12.6 Å². The van der Waals surface area contributed by atoms with Gasteiger partial charge in [-0.05, 0) is 31.5 Å². The average Bonchev–Trinajstić information content (AvgIpc) is 2.52. The van der Waals surface area contributed by atoms with Crippen molar-refractivity contribution < 1.29 is 32.6 Å². The molecule has 1 aromatic carbocycles. The van der Waals surface area contributed by atoms with E-state index in [1.165, 1.54) is 25.3 Å². The fourth-order valence-corrected chi connectivity index (χ4v) is 1.62. The number of carbonyl (C=O) groups excluding carboxylic acids is 2. The number of rotatable bonds is 8. The molecule has 0 unspecified atom stereocenters. The van der Waals surface area contributed by atoms with Gasteiger partial charge in [-0.2, -0.15) is 8.78 Å². The maximum atomic E-state index is 12.2. The summed E-state index contributed by atoms with van der Waals surface area (Å²) in [6, 6.07) is 3.59.